The molecule has 26 heavy (non-hydrogen) atoms. The highest BCUT2D eigenvalue weighted by atomic mass is 35.5. The number of imide groups is 1. The van der Waals surface area contributed by atoms with E-state index in [-0.39, 0.29) is 41.4 Å². The summed E-state index contributed by atoms with van der Waals surface area (Å²) in [5, 5.41) is 11.3. The third kappa shape index (κ3) is 3.52. The van der Waals surface area contributed by atoms with E-state index in [1.54, 1.807) is 24.3 Å². The number of nitro benzene ring substituents is 1. The van der Waals surface area contributed by atoms with E-state index in [4.69, 9.17) is 16.3 Å². The van der Waals surface area contributed by atoms with Crippen molar-refractivity contribution in [2.75, 3.05) is 13.2 Å². The number of ether oxygens (including phenoxy) is 1. The van der Waals surface area contributed by atoms with Crippen molar-refractivity contribution in [2.24, 2.45) is 0 Å². The van der Waals surface area contributed by atoms with E-state index in [9.17, 15) is 19.7 Å². The Morgan fingerprint density at radius 3 is 2.31 bits per heavy atom. The molecule has 0 spiro atoms. The molecule has 0 saturated heterocycles. The summed E-state index contributed by atoms with van der Waals surface area (Å²) in [5.74, 6) is -0.445. The molecule has 1 heterocycles. The van der Waals surface area contributed by atoms with Gasteiger partial charge in [0.25, 0.3) is 11.8 Å². The number of nitro groups is 1. The van der Waals surface area contributed by atoms with Crippen LogP contribution < -0.4 is 4.74 Å². The standard InChI is InChI=1S/C18H15ClN2O5/c19-12-7-8-16(15(11-12)21(24)25)26-10-4-3-9-20-17(22)13-5-1-2-6-14(13)18(20)23/h1-2,5-8,11H,3-4,9-10H2. The zero-order valence-electron chi connectivity index (χ0n) is 13.7. The van der Waals surface area contributed by atoms with Crippen LogP contribution in [0.4, 0.5) is 5.69 Å². The Balaban J connectivity index is 1.51. The van der Waals surface area contributed by atoms with E-state index in [1.807, 2.05) is 0 Å². The molecule has 0 saturated carbocycles. The molecule has 1 aliphatic rings. The SMILES string of the molecule is O=C1c2ccccc2C(=O)N1CCCCOc1ccc(Cl)cc1[N+](=O)[O-]. The number of carbonyl (C=O) groups excluding carboxylic acids is 2. The molecule has 0 fully saturated rings. The van der Waals surface area contributed by atoms with Crippen molar-refractivity contribution < 1.29 is 19.2 Å². The van der Waals surface area contributed by atoms with Crippen molar-refractivity contribution in [1.29, 1.82) is 0 Å². The quantitative estimate of drug-likeness (QED) is 0.319. The summed E-state index contributed by atoms with van der Waals surface area (Å²) in [6.45, 7) is 0.504. The minimum Gasteiger partial charge on any atom is -0.487 e. The predicted octanol–water partition coefficient (Wildman–Crippen LogP) is 3.70. The fourth-order valence-corrected chi connectivity index (χ4v) is 2.92. The molecule has 0 aliphatic carbocycles. The van der Waals surface area contributed by atoms with Crippen LogP contribution in [0, 0.1) is 10.1 Å². The Kier molecular flexibility index (Phi) is 5.18. The Hall–Kier alpha value is -2.93. The Bertz CT molecular complexity index is 849. The summed E-state index contributed by atoms with van der Waals surface area (Å²) >= 11 is 5.75. The molecule has 8 heteroatoms. The molecular formula is C18H15ClN2O5. The van der Waals surface area contributed by atoms with Crippen molar-refractivity contribution in [1.82, 2.24) is 4.90 Å². The third-order valence-electron chi connectivity index (χ3n) is 4.03. The van der Waals surface area contributed by atoms with E-state index in [0.717, 1.165) is 0 Å². The molecule has 2 amide bonds. The van der Waals surface area contributed by atoms with Gasteiger partial charge in [0.15, 0.2) is 5.75 Å². The summed E-state index contributed by atoms with van der Waals surface area (Å²) in [7, 11) is 0. The van der Waals surface area contributed by atoms with E-state index < -0.39 is 4.92 Å². The molecular weight excluding hydrogens is 360 g/mol. The van der Waals surface area contributed by atoms with Crippen LogP contribution in [0.3, 0.4) is 0 Å². The number of unbranched alkanes of at least 4 members (excludes halogenated alkanes) is 1. The first-order valence-corrected chi connectivity index (χ1v) is 8.39. The van der Waals surface area contributed by atoms with Crippen molar-refractivity contribution in [2.45, 2.75) is 12.8 Å². The lowest BCUT2D eigenvalue weighted by Gasteiger charge is -2.13. The van der Waals surface area contributed by atoms with Gasteiger partial charge in [-0.3, -0.25) is 24.6 Å². The fraction of sp³-hybridized carbons (Fsp3) is 0.222. The molecule has 134 valence electrons. The summed E-state index contributed by atoms with van der Waals surface area (Å²) in [6.07, 6.45) is 1.07. The zero-order chi connectivity index (χ0) is 18.7. The molecule has 0 aromatic heterocycles. The first-order chi connectivity index (χ1) is 12.5. The fourth-order valence-electron chi connectivity index (χ4n) is 2.75. The number of hydrogen-bond donors (Lipinski definition) is 0. The average Bonchev–Trinajstić information content (AvgIpc) is 2.87. The number of nitrogens with zero attached hydrogens (tertiary/aromatic N) is 2. The maximum atomic E-state index is 12.2. The lowest BCUT2D eigenvalue weighted by atomic mass is 10.1. The molecule has 2 aromatic carbocycles. The summed E-state index contributed by atoms with van der Waals surface area (Å²) in [4.78, 5) is 36.1. The minimum atomic E-state index is -0.556. The van der Waals surface area contributed by atoms with Gasteiger partial charge in [0.05, 0.1) is 22.7 Å². The highest BCUT2D eigenvalue weighted by molar-refractivity contribution is 6.30. The Morgan fingerprint density at radius 2 is 1.69 bits per heavy atom. The molecule has 0 unspecified atom stereocenters. The largest absolute Gasteiger partial charge is 0.487 e. The van der Waals surface area contributed by atoms with Gasteiger partial charge < -0.3 is 4.74 Å². The molecule has 7 nitrogen and oxygen atoms in total. The second-order valence-electron chi connectivity index (χ2n) is 5.73. The third-order valence-corrected chi connectivity index (χ3v) is 4.26. The zero-order valence-corrected chi connectivity index (χ0v) is 14.4. The molecule has 3 rings (SSSR count). The van der Waals surface area contributed by atoms with Crippen LogP contribution in [0.1, 0.15) is 33.6 Å². The summed E-state index contributed by atoms with van der Waals surface area (Å²) in [5.41, 5.74) is 0.647. The maximum absolute atomic E-state index is 12.2. The highest BCUT2D eigenvalue weighted by Crippen LogP contribution is 2.30. The highest BCUT2D eigenvalue weighted by Gasteiger charge is 2.34. The smallest absolute Gasteiger partial charge is 0.312 e. The van der Waals surface area contributed by atoms with E-state index in [0.29, 0.717) is 24.0 Å². The average molecular weight is 375 g/mol. The number of hydrogen-bond acceptors (Lipinski definition) is 5. The number of carbonyl (C=O) groups is 2. The normalized spacial score (nSPS) is 13.0. The van der Waals surface area contributed by atoms with Crippen LogP contribution in [-0.2, 0) is 0 Å². The van der Waals surface area contributed by atoms with Crippen LogP contribution in [0.15, 0.2) is 42.5 Å². The van der Waals surface area contributed by atoms with Gasteiger partial charge in [-0.25, -0.2) is 0 Å². The number of halogens is 1. The van der Waals surface area contributed by atoms with Crippen LogP contribution in [-0.4, -0.2) is 34.8 Å². The Labute approximate surface area is 154 Å². The maximum Gasteiger partial charge on any atom is 0.312 e. The van der Waals surface area contributed by atoms with Crippen molar-refractivity contribution in [3.63, 3.8) is 0 Å². The first-order valence-electron chi connectivity index (χ1n) is 8.01. The van der Waals surface area contributed by atoms with Crippen molar-refractivity contribution in [3.8, 4) is 5.75 Å². The van der Waals surface area contributed by atoms with Gasteiger partial charge in [-0.15, -0.1) is 0 Å². The van der Waals surface area contributed by atoms with Crippen LogP contribution in [0.2, 0.25) is 5.02 Å². The van der Waals surface area contributed by atoms with E-state index >= 15 is 0 Å². The number of amides is 2. The van der Waals surface area contributed by atoms with E-state index in [2.05, 4.69) is 0 Å². The van der Waals surface area contributed by atoms with Gasteiger partial charge in [-0.1, -0.05) is 23.7 Å². The van der Waals surface area contributed by atoms with Gasteiger partial charge in [-0.05, 0) is 37.1 Å². The second-order valence-corrected chi connectivity index (χ2v) is 6.17. The minimum absolute atomic E-state index is 0.139. The molecule has 1 aliphatic heterocycles. The van der Waals surface area contributed by atoms with Crippen molar-refractivity contribution >= 4 is 29.1 Å². The molecule has 0 N–H and O–H groups in total. The van der Waals surface area contributed by atoms with Gasteiger partial charge in [-0.2, -0.15) is 0 Å². The monoisotopic (exact) mass is 374 g/mol. The summed E-state index contributed by atoms with van der Waals surface area (Å²) in [6, 6.07) is 10.9. The van der Waals surface area contributed by atoms with Crippen molar-refractivity contribution in [3.05, 3.63) is 68.7 Å². The molecule has 0 radical (unpaired) electrons. The van der Waals surface area contributed by atoms with Crippen LogP contribution >= 0.6 is 11.6 Å². The lowest BCUT2D eigenvalue weighted by Crippen LogP contribution is -2.30. The molecule has 0 bridgehead atoms. The number of rotatable bonds is 7. The molecule has 2 aromatic rings. The predicted molar refractivity (Wildman–Crippen MR) is 94.6 cm³/mol. The number of benzene rings is 2. The van der Waals surface area contributed by atoms with Crippen LogP contribution in [0.5, 0.6) is 5.75 Å². The number of fused-ring (bicyclic) bond motifs is 1. The Morgan fingerprint density at radius 1 is 1.04 bits per heavy atom. The summed E-state index contributed by atoms with van der Waals surface area (Å²) < 4.78 is 5.44. The topological polar surface area (TPSA) is 89.8 Å². The first kappa shape index (κ1) is 17.9. The van der Waals surface area contributed by atoms with E-state index in [1.165, 1.54) is 23.1 Å². The lowest BCUT2D eigenvalue weighted by molar-refractivity contribution is -0.385. The van der Waals surface area contributed by atoms with Gasteiger partial charge in [0.2, 0.25) is 0 Å². The second kappa shape index (κ2) is 7.53. The van der Waals surface area contributed by atoms with Crippen LogP contribution in [0.25, 0.3) is 0 Å². The van der Waals surface area contributed by atoms with Gasteiger partial charge >= 0.3 is 5.69 Å². The molecule has 0 atom stereocenters. The van der Waals surface area contributed by atoms with Gasteiger partial charge in [0, 0.05) is 17.6 Å². The van der Waals surface area contributed by atoms with Gasteiger partial charge in [0.1, 0.15) is 0 Å².